The van der Waals surface area contributed by atoms with Gasteiger partial charge in [0.15, 0.2) is 5.96 Å². The van der Waals surface area contributed by atoms with Crippen LogP contribution in [0.15, 0.2) is 4.99 Å². The van der Waals surface area contributed by atoms with Crippen LogP contribution in [0.2, 0.25) is 0 Å². The van der Waals surface area contributed by atoms with Crippen molar-refractivity contribution in [2.45, 2.75) is 51.4 Å². The van der Waals surface area contributed by atoms with Gasteiger partial charge in [-0.05, 0) is 18.8 Å². The van der Waals surface area contributed by atoms with Crippen molar-refractivity contribution in [2.75, 3.05) is 32.1 Å². The zero-order valence-corrected chi connectivity index (χ0v) is 14.3. The number of unbranched alkanes of at least 4 members (excludes halogenated alkanes) is 1. The summed E-state index contributed by atoms with van der Waals surface area (Å²) < 4.78 is 22.0. The van der Waals surface area contributed by atoms with Crippen LogP contribution in [0, 0.1) is 5.92 Å². The Labute approximate surface area is 129 Å². The number of aliphatic imine (C=N–C) groups is 1. The Morgan fingerprint density at radius 2 is 1.71 bits per heavy atom. The van der Waals surface area contributed by atoms with E-state index in [1.165, 1.54) is 51.2 Å². The molecule has 0 saturated heterocycles. The van der Waals surface area contributed by atoms with Crippen molar-refractivity contribution in [1.82, 2.24) is 10.6 Å². The molecule has 0 aromatic rings. The van der Waals surface area contributed by atoms with Crippen LogP contribution in [0.5, 0.6) is 0 Å². The van der Waals surface area contributed by atoms with Crippen molar-refractivity contribution in [2.24, 2.45) is 10.9 Å². The molecule has 0 aliphatic heterocycles. The molecule has 0 amide bonds. The molecule has 1 aliphatic carbocycles. The van der Waals surface area contributed by atoms with Gasteiger partial charge in [-0.3, -0.25) is 4.99 Å². The highest BCUT2D eigenvalue weighted by molar-refractivity contribution is 7.90. The van der Waals surface area contributed by atoms with Crippen molar-refractivity contribution in [3.05, 3.63) is 0 Å². The summed E-state index contributed by atoms with van der Waals surface area (Å²) in [6.45, 7) is 1.56. The van der Waals surface area contributed by atoms with E-state index >= 15 is 0 Å². The maximum atomic E-state index is 11.0. The summed E-state index contributed by atoms with van der Waals surface area (Å²) in [6, 6.07) is 0. The van der Waals surface area contributed by atoms with Crippen molar-refractivity contribution in [3.63, 3.8) is 0 Å². The third kappa shape index (κ3) is 9.72. The standard InChI is InChI=1S/C15H31N3O2S/c1-16-15(18-12-7-13-21(2,19)20)17-11-6-5-10-14-8-3-4-9-14/h14H,3-13H2,1-2H3,(H2,16,17,18). The van der Waals surface area contributed by atoms with Crippen LogP contribution in [0.3, 0.4) is 0 Å². The molecule has 0 aromatic heterocycles. The number of nitrogens with one attached hydrogen (secondary N) is 2. The van der Waals surface area contributed by atoms with Gasteiger partial charge in [-0.25, -0.2) is 8.42 Å². The molecule has 0 unspecified atom stereocenters. The predicted octanol–water partition coefficient (Wildman–Crippen LogP) is 1.95. The van der Waals surface area contributed by atoms with Gasteiger partial charge in [-0.15, -0.1) is 0 Å². The summed E-state index contributed by atoms with van der Waals surface area (Å²) in [4.78, 5) is 4.14. The average Bonchev–Trinajstić information content (AvgIpc) is 2.92. The van der Waals surface area contributed by atoms with Crippen molar-refractivity contribution >= 4 is 15.8 Å². The minimum atomic E-state index is -2.86. The van der Waals surface area contributed by atoms with E-state index in [0.29, 0.717) is 13.0 Å². The van der Waals surface area contributed by atoms with E-state index in [1.54, 1.807) is 7.05 Å². The summed E-state index contributed by atoms with van der Waals surface area (Å²) in [5.74, 6) is 1.96. The van der Waals surface area contributed by atoms with Crippen LogP contribution in [0.4, 0.5) is 0 Å². The van der Waals surface area contributed by atoms with Gasteiger partial charge < -0.3 is 10.6 Å². The Kier molecular flexibility index (Phi) is 8.73. The lowest BCUT2D eigenvalue weighted by atomic mass is 10.0. The second-order valence-corrected chi connectivity index (χ2v) is 8.32. The summed E-state index contributed by atoms with van der Waals surface area (Å²) in [7, 11) is -1.12. The van der Waals surface area contributed by atoms with Gasteiger partial charge in [0.05, 0.1) is 5.75 Å². The van der Waals surface area contributed by atoms with Crippen molar-refractivity contribution in [3.8, 4) is 0 Å². The quantitative estimate of drug-likeness (QED) is 0.387. The topological polar surface area (TPSA) is 70.6 Å². The number of hydrogen-bond acceptors (Lipinski definition) is 3. The van der Waals surface area contributed by atoms with Crippen LogP contribution in [0.25, 0.3) is 0 Å². The fourth-order valence-corrected chi connectivity index (χ4v) is 3.49. The molecule has 21 heavy (non-hydrogen) atoms. The molecule has 1 fully saturated rings. The van der Waals surface area contributed by atoms with Crippen LogP contribution in [-0.2, 0) is 9.84 Å². The normalized spacial score (nSPS) is 17.1. The molecular formula is C15H31N3O2S. The average molecular weight is 317 g/mol. The minimum absolute atomic E-state index is 0.221. The third-order valence-electron chi connectivity index (χ3n) is 4.01. The van der Waals surface area contributed by atoms with E-state index in [0.717, 1.165) is 18.4 Å². The lowest BCUT2D eigenvalue weighted by Crippen LogP contribution is -2.38. The van der Waals surface area contributed by atoms with E-state index in [4.69, 9.17) is 0 Å². The molecule has 0 spiro atoms. The maximum absolute atomic E-state index is 11.0. The number of guanidine groups is 1. The largest absolute Gasteiger partial charge is 0.356 e. The van der Waals surface area contributed by atoms with E-state index < -0.39 is 9.84 Å². The number of hydrogen-bond donors (Lipinski definition) is 2. The molecule has 0 bridgehead atoms. The first kappa shape index (κ1) is 18.3. The monoisotopic (exact) mass is 317 g/mol. The van der Waals surface area contributed by atoms with Gasteiger partial charge in [0, 0.05) is 26.4 Å². The maximum Gasteiger partial charge on any atom is 0.190 e. The van der Waals surface area contributed by atoms with E-state index in [-0.39, 0.29) is 5.75 Å². The zero-order chi connectivity index (χ0) is 15.6. The summed E-state index contributed by atoms with van der Waals surface area (Å²) in [6.07, 6.45) is 11.4. The van der Waals surface area contributed by atoms with Crippen LogP contribution >= 0.6 is 0 Å². The predicted molar refractivity (Wildman–Crippen MR) is 89.5 cm³/mol. The Balaban J connectivity index is 2.00. The Morgan fingerprint density at radius 3 is 2.29 bits per heavy atom. The molecule has 1 aliphatic rings. The van der Waals surface area contributed by atoms with Crippen molar-refractivity contribution < 1.29 is 8.42 Å². The SMILES string of the molecule is CN=C(NCCCCC1CCCC1)NCCCS(C)(=O)=O. The molecule has 124 valence electrons. The molecule has 6 heteroatoms. The summed E-state index contributed by atoms with van der Waals surface area (Å²) in [5.41, 5.74) is 0. The highest BCUT2D eigenvalue weighted by Crippen LogP contribution is 2.28. The van der Waals surface area contributed by atoms with Gasteiger partial charge in [-0.1, -0.05) is 38.5 Å². The molecule has 2 N–H and O–H groups in total. The molecule has 0 aromatic carbocycles. The Hall–Kier alpha value is -0.780. The Bertz CT molecular complexity index is 401. The third-order valence-corrected chi connectivity index (χ3v) is 5.04. The van der Waals surface area contributed by atoms with Crippen molar-refractivity contribution in [1.29, 1.82) is 0 Å². The fourth-order valence-electron chi connectivity index (χ4n) is 2.83. The molecule has 0 radical (unpaired) electrons. The molecule has 1 saturated carbocycles. The van der Waals surface area contributed by atoms with Crippen LogP contribution < -0.4 is 10.6 Å². The molecule has 0 heterocycles. The first-order valence-corrected chi connectivity index (χ1v) is 10.2. The minimum Gasteiger partial charge on any atom is -0.356 e. The van der Waals surface area contributed by atoms with E-state index in [1.807, 2.05) is 0 Å². The van der Waals surface area contributed by atoms with Gasteiger partial charge in [0.1, 0.15) is 9.84 Å². The first-order valence-electron chi connectivity index (χ1n) is 8.13. The van der Waals surface area contributed by atoms with Gasteiger partial charge in [0.2, 0.25) is 0 Å². The zero-order valence-electron chi connectivity index (χ0n) is 13.5. The second-order valence-electron chi connectivity index (χ2n) is 6.06. The van der Waals surface area contributed by atoms with E-state index in [2.05, 4.69) is 15.6 Å². The summed E-state index contributed by atoms with van der Waals surface area (Å²) >= 11 is 0. The highest BCUT2D eigenvalue weighted by atomic mass is 32.2. The van der Waals surface area contributed by atoms with Gasteiger partial charge >= 0.3 is 0 Å². The van der Waals surface area contributed by atoms with E-state index in [9.17, 15) is 8.42 Å². The number of rotatable bonds is 9. The molecule has 0 atom stereocenters. The lowest BCUT2D eigenvalue weighted by molar-refractivity contribution is 0.472. The molecule has 1 rings (SSSR count). The summed E-state index contributed by atoms with van der Waals surface area (Å²) in [5, 5.41) is 6.43. The van der Waals surface area contributed by atoms with Gasteiger partial charge in [-0.2, -0.15) is 0 Å². The molecular weight excluding hydrogens is 286 g/mol. The number of nitrogens with zero attached hydrogens (tertiary/aromatic N) is 1. The smallest absolute Gasteiger partial charge is 0.190 e. The van der Waals surface area contributed by atoms with Crippen LogP contribution in [-0.4, -0.2) is 46.5 Å². The first-order chi connectivity index (χ1) is 10.0. The molecule has 5 nitrogen and oxygen atoms in total. The fraction of sp³-hybridized carbons (Fsp3) is 0.933. The highest BCUT2D eigenvalue weighted by Gasteiger charge is 2.13. The number of sulfone groups is 1. The van der Waals surface area contributed by atoms with Crippen LogP contribution in [0.1, 0.15) is 51.4 Å². The second kappa shape index (κ2) is 10.0. The van der Waals surface area contributed by atoms with Gasteiger partial charge in [0.25, 0.3) is 0 Å². The Morgan fingerprint density at radius 1 is 1.10 bits per heavy atom. The lowest BCUT2D eigenvalue weighted by Gasteiger charge is -2.12.